The average Bonchev–Trinajstić information content (AvgIpc) is 2.41. The van der Waals surface area contributed by atoms with E-state index < -0.39 is 23.4 Å². The van der Waals surface area contributed by atoms with Crippen LogP contribution in [0, 0.1) is 5.82 Å². The van der Waals surface area contributed by atoms with Crippen LogP contribution in [-0.4, -0.2) is 17.5 Å². The molecule has 1 aromatic rings. The first-order valence-electron chi connectivity index (χ1n) is 6.61. The number of halogens is 1. The molecule has 0 spiro atoms. The van der Waals surface area contributed by atoms with Gasteiger partial charge in [-0.05, 0) is 44.5 Å². The summed E-state index contributed by atoms with van der Waals surface area (Å²) in [6.07, 6.45) is 0.352. The molecule has 0 fully saturated rings. The zero-order valence-electron chi connectivity index (χ0n) is 12.4. The number of hydrogen-bond donors (Lipinski definition) is 0. The van der Waals surface area contributed by atoms with Crippen molar-refractivity contribution in [2.75, 3.05) is 0 Å². The van der Waals surface area contributed by atoms with Crippen LogP contribution >= 0.6 is 0 Å². The van der Waals surface area contributed by atoms with Gasteiger partial charge in [0, 0.05) is 5.57 Å². The van der Waals surface area contributed by atoms with E-state index in [0.29, 0.717) is 6.42 Å². The number of carbonyl (C=O) groups excluding carboxylic acids is 2. The highest BCUT2D eigenvalue weighted by Gasteiger charge is 2.31. The molecule has 0 saturated carbocycles. The monoisotopic (exact) mass is 294 g/mol. The van der Waals surface area contributed by atoms with Crippen molar-refractivity contribution in [1.29, 1.82) is 0 Å². The fraction of sp³-hybridized carbons (Fsp3) is 0.375. The quantitative estimate of drug-likeness (QED) is 0.458. The van der Waals surface area contributed by atoms with Crippen LogP contribution in [0.5, 0.6) is 5.75 Å². The van der Waals surface area contributed by atoms with Gasteiger partial charge in [-0.3, -0.25) is 4.79 Å². The summed E-state index contributed by atoms with van der Waals surface area (Å²) in [6.45, 7) is 8.49. The third-order valence-electron chi connectivity index (χ3n) is 3.00. The summed E-state index contributed by atoms with van der Waals surface area (Å²) in [5, 5.41) is 0. The molecule has 0 saturated heterocycles. The molecule has 4 nitrogen and oxygen atoms in total. The minimum atomic E-state index is -0.965. The van der Waals surface area contributed by atoms with Gasteiger partial charge in [-0.2, -0.15) is 0 Å². The minimum Gasteiger partial charge on any atom is -0.455 e. The van der Waals surface area contributed by atoms with Gasteiger partial charge < -0.3 is 9.47 Å². The Balaban J connectivity index is 2.67. The standard InChI is InChI=1S/C16H19FO4/c1-5-16(4,21-15(19)11(2)3)10-14(18)20-13-8-6-12(17)7-9-13/h6-9H,2,5,10H2,1,3-4H3. The smallest absolute Gasteiger partial charge is 0.333 e. The van der Waals surface area contributed by atoms with Crippen LogP contribution in [0.2, 0.25) is 0 Å². The molecule has 1 rings (SSSR count). The second-order valence-corrected chi connectivity index (χ2v) is 5.08. The van der Waals surface area contributed by atoms with E-state index in [-0.39, 0.29) is 17.7 Å². The average molecular weight is 294 g/mol. The maximum absolute atomic E-state index is 12.8. The van der Waals surface area contributed by atoms with E-state index in [0.717, 1.165) is 0 Å². The van der Waals surface area contributed by atoms with Crippen molar-refractivity contribution in [1.82, 2.24) is 0 Å². The lowest BCUT2D eigenvalue weighted by Crippen LogP contribution is -2.35. The van der Waals surface area contributed by atoms with Crippen LogP contribution in [0.25, 0.3) is 0 Å². The third-order valence-corrected chi connectivity index (χ3v) is 3.00. The van der Waals surface area contributed by atoms with E-state index in [1.807, 2.05) is 0 Å². The first kappa shape index (κ1) is 16.9. The predicted octanol–water partition coefficient (Wildman–Crippen LogP) is 3.41. The molecule has 21 heavy (non-hydrogen) atoms. The van der Waals surface area contributed by atoms with Crippen molar-refractivity contribution in [2.45, 2.75) is 39.2 Å². The Morgan fingerprint density at radius 1 is 1.29 bits per heavy atom. The fourth-order valence-corrected chi connectivity index (χ4v) is 1.52. The number of carbonyl (C=O) groups is 2. The van der Waals surface area contributed by atoms with Crippen molar-refractivity contribution in [2.24, 2.45) is 0 Å². The van der Waals surface area contributed by atoms with E-state index in [4.69, 9.17) is 9.47 Å². The lowest BCUT2D eigenvalue weighted by molar-refractivity contribution is -0.158. The van der Waals surface area contributed by atoms with E-state index in [1.54, 1.807) is 13.8 Å². The summed E-state index contributed by atoms with van der Waals surface area (Å²) >= 11 is 0. The highest BCUT2D eigenvalue weighted by Crippen LogP contribution is 2.23. The number of ether oxygens (including phenoxy) is 2. The van der Waals surface area contributed by atoms with E-state index in [9.17, 15) is 14.0 Å². The highest BCUT2D eigenvalue weighted by molar-refractivity contribution is 5.87. The second-order valence-electron chi connectivity index (χ2n) is 5.08. The van der Waals surface area contributed by atoms with Crippen LogP contribution in [0.4, 0.5) is 4.39 Å². The topological polar surface area (TPSA) is 52.6 Å². The van der Waals surface area contributed by atoms with Crippen molar-refractivity contribution < 1.29 is 23.5 Å². The molecular formula is C16H19FO4. The summed E-state index contributed by atoms with van der Waals surface area (Å²) in [5.41, 5.74) is -0.700. The zero-order chi connectivity index (χ0) is 16.0. The van der Waals surface area contributed by atoms with Crippen molar-refractivity contribution in [3.63, 3.8) is 0 Å². The van der Waals surface area contributed by atoms with Gasteiger partial charge in [0.1, 0.15) is 17.2 Å². The highest BCUT2D eigenvalue weighted by atomic mass is 19.1. The second kappa shape index (κ2) is 7.02. The van der Waals surface area contributed by atoms with Crippen LogP contribution in [0.3, 0.4) is 0 Å². The SMILES string of the molecule is C=C(C)C(=O)OC(C)(CC)CC(=O)Oc1ccc(F)cc1. The van der Waals surface area contributed by atoms with Gasteiger partial charge >= 0.3 is 11.9 Å². The normalized spacial score (nSPS) is 13.1. The molecule has 0 aliphatic heterocycles. The molecule has 1 atom stereocenters. The number of hydrogen-bond acceptors (Lipinski definition) is 4. The van der Waals surface area contributed by atoms with E-state index in [1.165, 1.54) is 31.2 Å². The van der Waals surface area contributed by atoms with E-state index >= 15 is 0 Å². The van der Waals surface area contributed by atoms with Gasteiger partial charge in [-0.15, -0.1) is 0 Å². The van der Waals surface area contributed by atoms with Crippen LogP contribution in [-0.2, 0) is 14.3 Å². The molecule has 1 aromatic carbocycles. The first-order valence-corrected chi connectivity index (χ1v) is 6.61. The Bertz CT molecular complexity index is 536. The lowest BCUT2D eigenvalue weighted by atomic mass is 9.99. The zero-order valence-corrected chi connectivity index (χ0v) is 12.4. The van der Waals surface area contributed by atoms with Crippen LogP contribution < -0.4 is 4.74 Å². The Morgan fingerprint density at radius 2 is 1.86 bits per heavy atom. The van der Waals surface area contributed by atoms with E-state index in [2.05, 4.69) is 6.58 Å². The predicted molar refractivity (Wildman–Crippen MR) is 76.3 cm³/mol. The lowest BCUT2D eigenvalue weighted by Gasteiger charge is -2.27. The Hall–Kier alpha value is -2.17. The number of rotatable bonds is 6. The molecule has 0 N–H and O–H groups in total. The maximum Gasteiger partial charge on any atom is 0.333 e. The van der Waals surface area contributed by atoms with Crippen molar-refractivity contribution >= 4 is 11.9 Å². The molecule has 0 aliphatic carbocycles. The molecular weight excluding hydrogens is 275 g/mol. The molecule has 0 heterocycles. The maximum atomic E-state index is 12.8. The van der Waals surface area contributed by atoms with Gasteiger partial charge in [0.25, 0.3) is 0 Å². The summed E-state index contributed by atoms with van der Waals surface area (Å²) in [6, 6.07) is 5.11. The molecule has 0 radical (unpaired) electrons. The largest absolute Gasteiger partial charge is 0.455 e. The third kappa shape index (κ3) is 5.38. The summed E-state index contributed by atoms with van der Waals surface area (Å²) in [7, 11) is 0. The molecule has 114 valence electrons. The number of benzene rings is 1. The summed E-state index contributed by atoms with van der Waals surface area (Å²) in [5.74, 6) is -1.27. The minimum absolute atomic E-state index is 0.0973. The fourth-order valence-electron chi connectivity index (χ4n) is 1.52. The van der Waals surface area contributed by atoms with Gasteiger partial charge in [0.05, 0.1) is 6.42 Å². The molecule has 0 amide bonds. The number of esters is 2. The Kier molecular flexibility index (Phi) is 5.64. The summed E-state index contributed by atoms with van der Waals surface area (Å²) in [4.78, 5) is 23.5. The molecule has 0 bridgehead atoms. The van der Waals surface area contributed by atoms with Gasteiger partial charge in [-0.1, -0.05) is 13.5 Å². The van der Waals surface area contributed by atoms with Gasteiger partial charge in [0.15, 0.2) is 0 Å². The Labute approximate surface area is 123 Å². The molecule has 0 aromatic heterocycles. The van der Waals surface area contributed by atoms with Crippen LogP contribution in [0.15, 0.2) is 36.4 Å². The first-order chi connectivity index (χ1) is 9.75. The van der Waals surface area contributed by atoms with Gasteiger partial charge in [-0.25, -0.2) is 9.18 Å². The van der Waals surface area contributed by atoms with Crippen LogP contribution in [0.1, 0.15) is 33.6 Å². The van der Waals surface area contributed by atoms with Gasteiger partial charge in [0.2, 0.25) is 0 Å². The Morgan fingerprint density at radius 3 is 2.33 bits per heavy atom. The van der Waals surface area contributed by atoms with Crippen molar-refractivity contribution in [3.8, 4) is 5.75 Å². The summed E-state index contributed by atoms with van der Waals surface area (Å²) < 4.78 is 23.1. The molecule has 1 unspecified atom stereocenters. The molecule has 0 aliphatic rings. The van der Waals surface area contributed by atoms with Crippen molar-refractivity contribution in [3.05, 3.63) is 42.2 Å². The molecule has 5 heteroatoms.